The zero-order valence-electron chi connectivity index (χ0n) is 29.0. The van der Waals surface area contributed by atoms with Gasteiger partial charge in [0.15, 0.2) is 5.82 Å². The van der Waals surface area contributed by atoms with E-state index >= 15 is 4.79 Å². The third-order valence-corrected chi connectivity index (χ3v) is 12.3. The molecule has 8 rings (SSSR count). The minimum atomic E-state index is -4.75. The predicted octanol–water partition coefficient (Wildman–Crippen LogP) is 7.73. The van der Waals surface area contributed by atoms with Gasteiger partial charge >= 0.3 is 6.18 Å². The quantitative estimate of drug-likeness (QED) is 0.136. The molecule has 1 saturated carbocycles. The van der Waals surface area contributed by atoms with E-state index in [0.717, 1.165) is 9.48 Å². The predicted molar refractivity (Wildman–Crippen MR) is 203 cm³/mol. The van der Waals surface area contributed by atoms with Crippen molar-refractivity contribution in [2.45, 2.75) is 30.4 Å². The third kappa shape index (κ3) is 6.08. The van der Waals surface area contributed by atoms with Gasteiger partial charge in [-0.15, -0.1) is 0 Å². The van der Waals surface area contributed by atoms with Crippen molar-refractivity contribution >= 4 is 74.3 Å². The summed E-state index contributed by atoms with van der Waals surface area (Å²) in [5.74, 6) is -6.47. The van der Waals surface area contributed by atoms with Crippen LogP contribution in [-0.4, -0.2) is 51.9 Å². The molecule has 2 aliphatic carbocycles. The number of halogens is 6. The van der Waals surface area contributed by atoms with Crippen molar-refractivity contribution in [2.75, 3.05) is 23.5 Å². The minimum absolute atomic E-state index is 0.0199. The van der Waals surface area contributed by atoms with Crippen LogP contribution < -0.4 is 15.1 Å². The Morgan fingerprint density at radius 2 is 1.62 bits per heavy atom. The smallest absolute Gasteiger partial charge is 0.417 e. The van der Waals surface area contributed by atoms with Gasteiger partial charge in [-0.3, -0.25) is 29.5 Å². The summed E-state index contributed by atoms with van der Waals surface area (Å²) >= 11 is 16.0. The van der Waals surface area contributed by atoms with Crippen molar-refractivity contribution in [1.29, 1.82) is 0 Å². The van der Waals surface area contributed by atoms with Gasteiger partial charge in [-0.05, 0) is 84.5 Å². The molecule has 4 amide bonds. The Hall–Kier alpha value is -4.76. The summed E-state index contributed by atoms with van der Waals surface area (Å²) in [5.41, 5.74) is 1.94. The number of anilines is 2. The first kappa shape index (κ1) is 38.1. The number of imide groups is 2. The number of hydrogen-bond acceptors (Lipinski definition) is 8. The summed E-state index contributed by atoms with van der Waals surface area (Å²) in [6.45, 7) is -0.181. The summed E-state index contributed by atoms with van der Waals surface area (Å²) in [6, 6.07) is 20.8. The molecule has 3 fully saturated rings. The zero-order valence-corrected chi connectivity index (χ0v) is 32.1. The molecule has 3 heterocycles. The van der Waals surface area contributed by atoms with Crippen molar-refractivity contribution in [3.05, 3.63) is 128 Å². The number of pyridine rings is 1. The average molecular weight is 871 g/mol. The highest BCUT2D eigenvalue weighted by Crippen LogP contribution is 2.64. The van der Waals surface area contributed by atoms with Crippen LogP contribution in [0.4, 0.5) is 24.7 Å². The fourth-order valence-electron chi connectivity index (χ4n) is 8.92. The number of aliphatic hydroxyl groups is 1. The second-order valence-electron chi connectivity index (χ2n) is 14.0. The lowest BCUT2D eigenvalue weighted by Gasteiger charge is -2.50. The molecule has 6 atom stereocenters. The van der Waals surface area contributed by atoms with Gasteiger partial charge in [0.1, 0.15) is 12.4 Å². The highest BCUT2D eigenvalue weighted by Gasteiger charge is 2.70. The molecule has 0 radical (unpaired) electrons. The summed E-state index contributed by atoms with van der Waals surface area (Å²) < 4.78 is 46.9. The molecule has 4 aliphatic rings. The normalized spacial score (nSPS) is 25.8. The van der Waals surface area contributed by atoms with E-state index in [1.165, 1.54) is 4.90 Å². The van der Waals surface area contributed by atoms with Crippen molar-refractivity contribution in [3.8, 4) is 5.75 Å². The summed E-state index contributed by atoms with van der Waals surface area (Å²) in [6.07, 6.45) is -2.13. The average Bonchev–Trinajstić information content (AvgIpc) is 3.55. The number of carbonyl (C=O) groups is 4. The first-order valence-corrected chi connectivity index (χ1v) is 19.1. The van der Waals surface area contributed by atoms with Gasteiger partial charge in [0.25, 0.3) is 11.8 Å². The number of rotatable bonds is 8. The Morgan fingerprint density at radius 1 is 0.929 bits per heavy atom. The van der Waals surface area contributed by atoms with E-state index in [1.54, 1.807) is 72.8 Å². The van der Waals surface area contributed by atoms with E-state index in [-0.39, 0.29) is 37.8 Å². The Morgan fingerprint density at radius 3 is 2.27 bits per heavy atom. The number of nitrogens with one attached hydrogen (secondary N) is 1. The maximum absolute atomic E-state index is 15.3. The van der Waals surface area contributed by atoms with Gasteiger partial charge in [-0.25, -0.2) is 4.98 Å². The second-order valence-corrected chi connectivity index (χ2v) is 15.8. The first-order chi connectivity index (χ1) is 26.7. The molecule has 56 heavy (non-hydrogen) atoms. The van der Waals surface area contributed by atoms with E-state index in [4.69, 9.17) is 27.9 Å². The van der Waals surface area contributed by atoms with Crippen LogP contribution in [0.5, 0.6) is 5.75 Å². The molecule has 2 N–H and O–H groups in total. The van der Waals surface area contributed by atoms with E-state index in [0.29, 0.717) is 45.4 Å². The van der Waals surface area contributed by atoms with Crippen molar-refractivity contribution in [3.63, 3.8) is 0 Å². The molecule has 16 heteroatoms. The van der Waals surface area contributed by atoms with E-state index in [9.17, 15) is 32.7 Å². The molecule has 0 spiro atoms. The van der Waals surface area contributed by atoms with Crippen LogP contribution in [0, 0.1) is 23.7 Å². The number of carbonyl (C=O) groups excluding carboxylic acids is 4. The number of nitrogens with zero attached hydrogens (tertiary/aromatic N) is 3. The number of allylic oxidation sites excluding steroid dienone is 2. The number of amides is 4. The lowest BCUT2D eigenvalue weighted by molar-refractivity contribution is -0.139. The molecule has 4 aromatic rings. The van der Waals surface area contributed by atoms with Crippen LogP contribution in [-0.2, 0) is 30.8 Å². The molecule has 0 unspecified atom stereocenters. The maximum Gasteiger partial charge on any atom is 0.417 e. The lowest BCUT2D eigenvalue weighted by atomic mass is 9.49. The monoisotopic (exact) mass is 868 g/mol. The fraction of sp³-hybridized carbons (Fsp3) is 0.275. The minimum Gasteiger partial charge on any atom is -0.491 e. The fourth-order valence-corrected chi connectivity index (χ4v) is 9.52. The van der Waals surface area contributed by atoms with Crippen LogP contribution in [0.1, 0.15) is 35.4 Å². The number of ether oxygens (including phenoxy) is 1. The number of benzene rings is 3. The summed E-state index contributed by atoms with van der Waals surface area (Å²) in [5, 5.41) is 9.96. The Labute approximate surface area is 336 Å². The van der Waals surface area contributed by atoms with Crippen molar-refractivity contribution < 1.29 is 42.2 Å². The van der Waals surface area contributed by atoms with Gasteiger partial charge in [-0.1, -0.05) is 75.0 Å². The number of fused-ring (bicyclic) bond motifs is 4. The first-order valence-electron chi connectivity index (χ1n) is 17.6. The van der Waals surface area contributed by atoms with Gasteiger partial charge < -0.3 is 9.84 Å². The van der Waals surface area contributed by atoms with Crippen LogP contribution in [0.15, 0.2) is 101 Å². The van der Waals surface area contributed by atoms with Gasteiger partial charge in [0, 0.05) is 21.6 Å². The largest absolute Gasteiger partial charge is 0.491 e. The molecule has 3 aromatic carbocycles. The number of hydrogen-bond donors (Lipinski definition) is 2. The van der Waals surface area contributed by atoms with Gasteiger partial charge in [0.2, 0.25) is 11.8 Å². The van der Waals surface area contributed by atoms with Crippen LogP contribution >= 0.6 is 39.1 Å². The Bertz CT molecular complexity index is 2290. The molecule has 1 aromatic heterocycles. The van der Waals surface area contributed by atoms with Crippen LogP contribution in [0.25, 0.3) is 0 Å². The van der Waals surface area contributed by atoms with Crippen molar-refractivity contribution in [1.82, 2.24) is 9.99 Å². The zero-order chi connectivity index (χ0) is 39.7. The van der Waals surface area contributed by atoms with Gasteiger partial charge in [-0.2, -0.15) is 18.2 Å². The molecular weight excluding hydrogens is 840 g/mol. The Balaban J connectivity index is 1.29. The highest BCUT2D eigenvalue weighted by atomic mass is 79.9. The number of hydrazine groups is 1. The second kappa shape index (κ2) is 14.3. The number of alkyl halides is 3. The molecular formula is C40H30BrCl2F3N4O6. The lowest BCUT2D eigenvalue weighted by Crippen LogP contribution is -2.53. The SMILES string of the molecule is O=C1[C@@H]2C[C@@H]3C(=CC[C@@H]4C(=O)N(c5ccc(Br)cc5)C(=O)[C@@H]43)[C@H](c3ccc(OCCO)cc3)[C@]2(c2ccc(Cl)cc2)C(=O)N1Nc1ncc(C(F)(F)F)cc1Cl. The van der Waals surface area contributed by atoms with Gasteiger partial charge in [0.05, 0.1) is 46.0 Å². The van der Waals surface area contributed by atoms with E-state index in [2.05, 4.69) is 26.3 Å². The topological polar surface area (TPSA) is 129 Å². The van der Waals surface area contributed by atoms with Crippen LogP contribution in [0.3, 0.4) is 0 Å². The van der Waals surface area contributed by atoms with E-state index < -0.39 is 69.5 Å². The van der Waals surface area contributed by atoms with Crippen LogP contribution in [0.2, 0.25) is 10.0 Å². The molecule has 2 aliphatic heterocycles. The number of aliphatic hydroxyl groups excluding tert-OH is 1. The maximum atomic E-state index is 15.3. The molecule has 288 valence electrons. The van der Waals surface area contributed by atoms with E-state index in [1.807, 2.05) is 6.08 Å². The number of aromatic nitrogens is 1. The highest BCUT2D eigenvalue weighted by molar-refractivity contribution is 9.10. The molecule has 2 saturated heterocycles. The molecule has 10 nitrogen and oxygen atoms in total. The Kier molecular flexibility index (Phi) is 9.75. The third-order valence-electron chi connectivity index (χ3n) is 11.2. The summed E-state index contributed by atoms with van der Waals surface area (Å²) in [4.78, 5) is 63.7. The standard InChI is InChI=1S/C40H30BrCl2F3N4O6/c41-23-5-9-25(10-6-23)49-35(52)28-14-13-27-29(32(28)37(49)54)18-30-36(53)50(48-34-31(43)17-22(19-47-34)40(44,45)46)38(55)39(30,21-3-7-24(42)8-4-21)33(27)20-1-11-26(12-2-20)56-16-15-51/h1-13,17,19,28-30,32-33,51H,14-16,18H2,(H,47,48)/t28-,29+,30-,32-,33-,39+/m0/s1. The molecule has 0 bridgehead atoms. The summed E-state index contributed by atoms with van der Waals surface area (Å²) in [7, 11) is 0. The van der Waals surface area contributed by atoms with Crippen molar-refractivity contribution in [2.24, 2.45) is 23.7 Å².